The molecule has 1 aromatic carbocycles. The Morgan fingerprint density at radius 3 is 2.67 bits per heavy atom. The molecule has 4 rings (SSSR count). The van der Waals surface area contributed by atoms with E-state index >= 15 is 0 Å². The van der Waals surface area contributed by atoms with Crippen LogP contribution in [0.2, 0.25) is 0 Å². The molecule has 1 fully saturated rings. The molecule has 0 atom stereocenters. The highest BCUT2D eigenvalue weighted by Gasteiger charge is 2.26. The molecule has 24 heavy (non-hydrogen) atoms. The molecule has 2 N–H and O–H groups in total. The van der Waals surface area contributed by atoms with Crippen LogP contribution in [0.4, 0.5) is 5.82 Å². The molecule has 122 valence electrons. The van der Waals surface area contributed by atoms with Crippen molar-refractivity contribution < 1.29 is 14.3 Å². The third-order valence-corrected chi connectivity index (χ3v) is 4.70. The average Bonchev–Trinajstić information content (AvgIpc) is 2.66. The third kappa shape index (κ3) is 2.90. The number of H-pyrrole nitrogens is 1. The molecule has 1 saturated heterocycles. The van der Waals surface area contributed by atoms with Gasteiger partial charge in [-0.25, -0.2) is 4.98 Å². The minimum absolute atomic E-state index is 0.100. The van der Waals surface area contributed by atoms with Gasteiger partial charge in [-0.05, 0) is 18.2 Å². The number of piperazine rings is 1. The Balaban J connectivity index is 1.46. The number of nitrogens with one attached hydrogen (secondary N) is 2. The molecule has 0 radical (unpaired) electrons. The number of quaternary nitrogens is 1. The minimum Gasteiger partial charge on any atom is -0.464 e. The molecule has 0 saturated carbocycles. The van der Waals surface area contributed by atoms with Crippen LogP contribution in [-0.2, 0) is 6.54 Å². The Morgan fingerprint density at radius 1 is 1.08 bits per heavy atom. The number of hydrogen-bond donors (Lipinski definition) is 1. The minimum atomic E-state index is 0.100. The summed E-state index contributed by atoms with van der Waals surface area (Å²) in [6, 6.07) is 13.6. The highest BCUT2D eigenvalue weighted by atomic mass is 16.3. The lowest BCUT2D eigenvalue weighted by molar-refractivity contribution is -0.914. The van der Waals surface area contributed by atoms with Crippen LogP contribution < -0.4 is 20.2 Å². The second-order valence-electron chi connectivity index (χ2n) is 6.25. The molecular formula is C19H21N3O2+2. The molecule has 5 nitrogen and oxygen atoms in total. The van der Waals surface area contributed by atoms with Gasteiger partial charge in [0.1, 0.15) is 44.6 Å². The van der Waals surface area contributed by atoms with Gasteiger partial charge >= 0.3 is 0 Å². The summed E-state index contributed by atoms with van der Waals surface area (Å²) in [7, 11) is 0. The van der Waals surface area contributed by atoms with E-state index < -0.39 is 0 Å². The van der Waals surface area contributed by atoms with Crippen LogP contribution in [-0.4, -0.2) is 26.2 Å². The van der Waals surface area contributed by atoms with Crippen molar-refractivity contribution in [3.63, 3.8) is 0 Å². The van der Waals surface area contributed by atoms with Gasteiger partial charge < -0.3 is 9.32 Å². The summed E-state index contributed by atoms with van der Waals surface area (Å²) in [4.78, 5) is 19.7. The molecule has 0 unspecified atom stereocenters. The van der Waals surface area contributed by atoms with Gasteiger partial charge in [-0.3, -0.25) is 9.69 Å². The average molecular weight is 323 g/mol. The molecule has 5 heteroatoms. The highest BCUT2D eigenvalue weighted by molar-refractivity contribution is 5.76. The van der Waals surface area contributed by atoms with Gasteiger partial charge in [-0.1, -0.05) is 18.2 Å². The fraction of sp³-hybridized carbons (Fsp3) is 0.263. The molecule has 0 aliphatic carbocycles. The molecule has 1 aliphatic rings. The van der Waals surface area contributed by atoms with Crippen molar-refractivity contribution in [2.75, 3.05) is 31.1 Å². The zero-order valence-electron chi connectivity index (χ0n) is 13.5. The van der Waals surface area contributed by atoms with Crippen LogP contribution in [0.5, 0.6) is 0 Å². The number of aromatic nitrogens is 1. The van der Waals surface area contributed by atoms with Crippen LogP contribution in [0.1, 0.15) is 5.56 Å². The van der Waals surface area contributed by atoms with Gasteiger partial charge in [-0.2, -0.15) is 0 Å². The summed E-state index contributed by atoms with van der Waals surface area (Å²) in [5, 5.41) is 0.673. The number of benzene rings is 1. The summed E-state index contributed by atoms with van der Waals surface area (Å²) in [5.41, 5.74) is 1.53. The Bertz CT molecular complexity index is 884. The number of anilines is 1. The smallest absolute Gasteiger partial charge is 0.274 e. The first kappa shape index (κ1) is 14.9. The van der Waals surface area contributed by atoms with Crippen molar-refractivity contribution in [1.82, 2.24) is 0 Å². The maximum atomic E-state index is 12.6. The topological polar surface area (TPSA) is 52.0 Å². The zero-order valence-corrected chi connectivity index (χ0v) is 13.5. The predicted molar refractivity (Wildman–Crippen MR) is 92.1 cm³/mol. The van der Waals surface area contributed by atoms with Gasteiger partial charge in [0.2, 0.25) is 5.43 Å². The third-order valence-electron chi connectivity index (χ3n) is 4.70. The normalized spacial score (nSPS) is 15.8. The van der Waals surface area contributed by atoms with E-state index in [1.54, 1.807) is 6.26 Å². The van der Waals surface area contributed by atoms with E-state index in [2.05, 4.69) is 16.0 Å². The number of pyridine rings is 1. The fourth-order valence-electron chi connectivity index (χ4n) is 3.33. The maximum Gasteiger partial charge on any atom is 0.274 e. The van der Waals surface area contributed by atoms with E-state index in [1.165, 1.54) is 4.90 Å². The van der Waals surface area contributed by atoms with E-state index in [0.717, 1.165) is 44.1 Å². The SMILES string of the molecule is O=c1c(C[NH+]2CCN(c3cccc[nH+]3)CC2)coc2ccccc12. The maximum absolute atomic E-state index is 12.6. The van der Waals surface area contributed by atoms with E-state index in [-0.39, 0.29) is 5.43 Å². The van der Waals surface area contributed by atoms with E-state index in [0.29, 0.717) is 11.0 Å². The quantitative estimate of drug-likeness (QED) is 0.764. The van der Waals surface area contributed by atoms with Crippen LogP contribution in [0.15, 0.2) is 64.1 Å². The lowest BCUT2D eigenvalue weighted by Gasteiger charge is -2.28. The summed E-state index contributed by atoms with van der Waals surface area (Å²) < 4.78 is 5.63. The Hall–Kier alpha value is -2.66. The zero-order chi connectivity index (χ0) is 16.4. The number of rotatable bonds is 3. The van der Waals surface area contributed by atoms with Crippen molar-refractivity contribution in [1.29, 1.82) is 0 Å². The Labute approximate surface area is 140 Å². The molecule has 0 amide bonds. The van der Waals surface area contributed by atoms with Crippen LogP contribution in [0, 0.1) is 0 Å². The Morgan fingerprint density at radius 2 is 1.88 bits per heavy atom. The highest BCUT2D eigenvalue weighted by Crippen LogP contribution is 2.10. The fourth-order valence-corrected chi connectivity index (χ4v) is 3.33. The van der Waals surface area contributed by atoms with Crippen molar-refractivity contribution in [2.45, 2.75) is 6.54 Å². The van der Waals surface area contributed by atoms with Gasteiger partial charge in [0.15, 0.2) is 0 Å². The summed E-state index contributed by atoms with van der Waals surface area (Å²) in [5.74, 6) is 1.15. The van der Waals surface area contributed by atoms with Crippen LogP contribution in [0.3, 0.4) is 0 Å². The number of fused-ring (bicyclic) bond motifs is 1. The number of nitrogens with zero attached hydrogens (tertiary/aromatic N) is 1. The second-order valence-corrected chi connectivity index (χ2v) is 6.25. The predicted octanol–water partition coefficient (Wildman–Crippen LogP) is 0.512. The molecule has 0 bridgehead atoms. The number of hydrogen-bond acceptors (Lipinski definition) is 3. The van der Waals surface area contributed by atoms with Crippen LogP contribution in [0.25, 0.3) is 11.0 Å². The van der Waals surface area contributed by atoms with E-state index in [1.807, 2.05) is 42.6 Å². The van der Waals surface area contributed by atoms with Crippen molar-refractivity contribution >= 4 is 16.8 Å². The first-order chi connectivity index (χ1) is 11.8. The second kappa shape index (κ2) is 6.45. The van der Waals surface area contributed by atoms with Gasteiger partial charge in [0.05, 0.1) is 17.1 Å². The van der Waals surface area contributed by atoms with Gasteiger partial charge in [-0.15, -0.1) is 0 Å². The summed E-state index contributed by atoms with van der Waals surface area (Å²) in [6.07, 6.45) is 3.59. The van der Waals surface area contributed by atoms with E-state index in [4.69, 9.17) is 4.42 Å². The Kier molecular flexibility index (Phi) is 4.01. The standard InChI is InChI=1S/C19H19N3O2/c23-19-15(14-24-17-6-2-1-5-16(17)19)13-21-9-11-22(12-10-21)18-7-3-4-8-20-18/h1-8,14H,9-13H2/p+2. The molecule has 0 spiro atoms. The molecule has 3 aromatic rings. The monoisotopic (exact) mass is 323 g/mol. The van der Waals surface area contributed by atoms with Crippen LogP contribution >= 0.6 is 0 Å². The lowest BCUT2D eigenvalue weighted by atomic mass is 10.1. The largest absolute Gasteiger partial charge is 0.464 e. The molecule has 1 aliphatic heterocycles. The molecule has 2 aromatic heterocycles. The van der Waals surface area contributed by atoms with Gasteiger partial charge in [0, 0.05) is 6.07 Å². The first-order valence-corrected chi connectivity index (χ1v) is 8.36. The number of aromatic amines is 1. The van der Waals surface area contributed by atoms with Crippen molar-refractivity contribution in [2.24, 2.45) is 0 Å². The van der Waals surface area contributed by atoms with Gasteiger partial charge in [0.25, 0.3) is 5.82 Å². The summed E-state index contributed by atoms with van der Waals surface area (Å²) >= 11 is 0. The molecule has 3 heterocycles. The molecular weight excluding hydrogens is 302 g/mol. The lowest BCUT2D eigenvalue weighted by Crippen LogP contribution is -3.13. The first-order valence-electron chi connectivity index (χ1n) is 8.36. The van der Waals surface area contributed by atoms with Crippen molar-refractivity contribution in [3.8, 4) is 0 Å². The van der Waals surface area contributed by atoms with Crippen molar-refractivity contribution in [3.05, 3.63) is 70.7 Å². The van der Waals surface area contributed by atoms with E-state index in [9.17, 15) is 4.79 Å². The summed E-state index contributed by atoms with van der Waals surface area (Å²) in [6.45, 7) is 4.70. The number of para-hydroxylation sites is 1.